The first-order valence-corrected chi connectivity index (χ1v) is 22.4. The van der Waals surface area contributed by atoms with E-state index >= 15 is 14.4 Å². The number of fused-ring (bicyclic) bond motifs is 4. The van der Waals surface area contributed by atoms with E-state index in [1.807, 2.05) is 151 Å². The lowest BCUT2D eigenvalue weighted by Gasteiger charge is -2.46. The van der Waals surface area contributed by atoms with Crippen LogP contribution in [0.1, 0.15) is 51.6 Å². The van der Waals surface area contributed by atoms with Gasteiger partial charge in [-0.15, -0.1) is 0 Å². The Labute approximate surface area is 380 Å². The summed E-state index contributed by atoms with van der Waals surface area (Å²) in [7, 11) is 2.01. The van der Waals surface area contributed by atoms with Gasteiger partial charge in [0.05, 0.1) is 41.4 Å². The smallest absolute Gasteiger partial charge is 0.324 e. The molecule has 4 heterocycles. The van der Waals surface area contributed by atoms with E-state index in [4.69, 9.17) is 14.5 Å². The summed E-state index contributed by atoms with van der Waals surface area (Å²) in [4.78, 5) is 55.5. The largest absolute Gasteiger partial charge is 0.491 e. The summed E-state index contributed by atoms with van der Waals surface area (Å²) >= 11 is 1.31. The number of hydrogen-bond acceptors (Lipinski definition) is 10. The first kappa shape index (κ1) is 41.8. The van der Waals surface area contributed by atoms with Gasteiger partial charge in [-0.1, -0.05) is 145 Å². The molecule has 3 N–H and O–H groups in total. The van der Waals surface area contributed by atoms with Crippen LogP contribution in [0.5, 0.6) is 5.75 Å². The summed E-state index contributed by atoms with van der Waals surface area (Å²) in [5, 5.41) is 16.6. The van der Waals surface area contributed by atoms with Crippen molar-refractivity contribution in [2.75, 3.05) is 37.4 Å². The van der Waals surface area contributed by atoms with Gasteiger partial charge in [-0.05, 0) is 65.7 Å². The maximum atomic E-state index is 15.7. The molecule has 1 aromatic heterocycles. The first-order chi connectivity index (χ1) is 31.8. The van der Waals surface area contributed by atoms with E-state index in [1.54, 1.807) is 6.07 Å². The Morgan fingerprint density at radius 1 is 0.877 bits per heavy atom. The molecule has 7 aromatic rings. The summed E-state index contributed by atoms with van der Waals surface area (Å²) < 4.78 is 13.7. The number of ether oxygens (including phenoxy) is 2. The van der Waals surface area contributed by atoms with Crippen LogP contribution in [0.3, 0.4) is 0 Å². The Hall–Kier alpha value is -7.14. The van der Waals surface area contributed by atoms with E-state index in [-0.39, 0.29) is 13.2 Å². The summed E-state index contributed by atoms with van der Waals surface area (Å²) in [6.07, 6.45) is -0.840. The van der Waals surface area contributed by atoms with Crippen LogP contribution in [0.15, 0.2) is 158 Å². The third-order valence-corrected chi connectivity index (χ3v) is 13.5. The fraction of sp³-hybridized carbons (Fsp3) is 0.208. The van der Waals surface area contributed by atoms with Crippen molar-refractivity contribution in [1.82, 2.24) is 14.8 Å². The van der Waals surface area contributed by atoms with Gasteiger partial charge < -0.3 is 25.2 Å². The summed E-state index contributed by atoms with van der Waals surface area (Å²) in [6, 6.07) is 47.0. The number of cyclic esters (lactones) is 1. The quantitative estimate of drug-likeness (QED) is 0.0872. The van der Waals surface area contributed by atoms with Crippen molar-refractivity contribution in [2.45, 2.75) is 36.2 Å². The SMILES string of the molecule is CN(CC#Cc1ccc2c(c1)[C@]1(C(=O)N2)[C@H](C(=O)Nc2nc3ccccc3s2)[C@H]2C(=O)O[C@H](c3ccccc3)[C@H](c3ccccc3)N2[C@@H]1c1ccccc1OCCO)Cc1ccccc1. The molecule has 2 saturated heterocycles. The number of esters is 1. The number of anilines is 2. The molecule has 2 amide bonds. The molecule has 6 atom stereocenters. The molecule has 6 aromatic carbocycles. The first-order valence-electron chi connectivity index (χ1n) is 21.6. The highest BCUT2D eigenvalue weighted by molar-refractivity contribution is 7.22. The van der Waals surface area contributed by atoms with Crippen molar-refractivity contribution >= 4 is 50.2 Å². The highest BCUT2D eigenvalue weighted by Crippen LogP contribution is 2.65. The summed E-state index contributed by atoms with van der Waals surface area (Å²) in [5.41, 5.74) is 3.88. The molecule has 65 heavy (non-hydrogen) atoms. The Kier molecular flexibility index (Phi) is 11.5. The van der Waals surface area contributed by atoms with Gasteiger partial charge in [-0.2, -0.15) is 0 Å². The second-order valence-corrected chi connectivity index (χ2v) is 17.6. The molecule has 11 nitrogen and oxygen atoms in total. The molecule has 0 aliphatic carbocycles. The molecular formula is C53H45N5O6S. The van der Waals surface area contributed by atoms with Gasteiger partial charge >= 0.3 is 5.97 Å². The van der Waals surface area contributed by atoms with Crippen LogP contribution >= 0.6 is 11.3 Å². The molecule has 10 rings (SSSR count). The number of nitrogens with zero attached hydrogens (tertiary/aromatic N) is 3. The predicted octanol–water partition coefficient (Wildman–Crippen LogP) is 8.06. The Balaban J connectivity index is 1.19. The van der Waals surface area contributed by atoms with Crippen molar-refractivity contribution in [3.05, 3.63) is 191 Å². The average molecular weight is 880 g/mol. The topological polar surface area (TPSA) is 133 Å². The monoisotopic (exact) mass is 879 g/mol. The number of benzene rings is 6. The molecule has 3 aliphatic rings. The van der Waals surface area contributed by atoms with Crippen LogP contribution in [-0.4, -0.2) is 70.5 Å². The second-order valence-electron chi connectivity index (χ2n) is 16.5. The van der Waals surface area contributed by atoms with Crippen molar-refractivity contribution in [3.63, 3.8) is 0 Å². The highest BCUT2D eigenvalue weighted by Gasteiger charge is 2.74. The molecule has 0 unspecified atom stereocenters. The van der Waals surface area contributed by atoms with Crippen LogP contribution in [0.2, 0.25) is 0 Å². The fourth-order valence-electron chi connectivity index (χ4n) is 9.97. The van der Waals surface area contributed by atoms with Crippen molar-refractivity contribution in [3.8, 4) is 17.6 Å². The van der Waals surface area contributed by atoms with Gasteiger partial charge in [-0.25, -0.2) is 4.98 Å². The maximum Gasteiger partial charge on any atom is 0.324 e. The minimum absolute atomic E-state index is 0.0281. The van der Waals surface area contributed by atoms with E-state index in [0.717, 1.165) is 15.8 Å². The van der Waals surface area contributed by atoms with E-state index in [2.05, 4.69) is 39.5 Å². The van der Waals surface area contributed by atoms with E-state index in [9.17, 15) is 5.11 Å². The van der Waals surface area contributed by atoms with Gasteiger partial charge in [0.25, 0.3) is 0 Å². The van der Waals surface area contributed by atoms with Crippen LogP contribution in [0.25, 0.3) is 10.2 Å². The lowest BCUT2D eigenvalue weighted by atomic mass is 9.65. The molecule has 2 fully saturated rings. The number of aromatic nitrogens is 1. The Morgan fingerprint density at radius 2 is 1.57 bits per heavy atom. The van der Waals surface area contributed by atoms with Crippen molar-refractivity contribution in [1.29, 1.82) is 0 Å². The lowest BCUT2D eigenvalue weighted by Crippen LogP contribution is -2.53. The van der Waals surface area contributed by atoms with Crippen LogP contribution in [0, 0.1) is 17.8 Å². The number of amides is 2. The zero-order chi connectivity index (χ0) is 44.5. The number of aliphatic hydroxyl groups is 1. The van der Waals surface area contributed by atoms with Crippen molar-refractivity contribution in [2.24, 2.45) is 5.92 Å². The summed E-state index contributed by atoms with van der Waals surface area (Å²) in [6.45, 7) is 0.900. The molecule has 0 bridgehead atoms. The van der Waals surface area contributed by atoms with Gasteiger partial charge in [0, 0.05) is 23.4 Å². The zero-order valence-corrected chi connectivity index (χ0v) is 36.3. The third kappa shape index (κ3) is 7.62. The number of carbonyl (C=O) groups is 3. The van der Waals surface area contributed by atoms with E-state index < -0.39 is 53.3 Å². The number of carbonyl (C=O) groups excluding carboxylic acids is 3. The van der Waals surface area contributed by atoms with Crippen LogP contribution < -0.4 is 15.4 Å². The van der Waals surface area contributed by atoms with Crippen LogP contribution in [-0.2, 0) is 31.1 Å². The number of morpholine rings is 1. The van der Waals surface area contributed by atoms with E-state index in [1.165, 1.54) is 16.9 Å². The fourth-order valence-corrected chi connectivity index (χ4v) is 10.8. The maximum absolute atomic E-state index is 15.7. The standard InChI is InChI=1S/C53H45N5O6S/c1-57(33-35-16-5-2-6-17-35)29-15-18-34-27-28-40-39(32-34)53(51(62)54-40)44(49(60)56-52-55-41-24-12-14-26-43(41)65-52)46-50(61)64-47(37-21-9-4-10-22-37)45(36-19-7-3-8-20-36)58(46)48(53)38-23-11-13-25-42(38)63-31-30-59/h2-14,16-17,19-28,32,44-48,59H,29-31,33H2,1H3,(H,54,62)(H,55,56,60)/t44-,45-,46-,47+,48+,53-/m0/s1. The van der Waals surface area contributed by atoms with E-state index in [0.29, 0.717) is 51.9 Å². The summed E-state index contributed by atoms with van der Waals surface area (Å²) in [5.74, 6) is 4.01. The van der Waals surface area contributed by atoms with Crippen LogP contribution in [0.4, 0.5) is 10.8 Å². The second kappa shape index (κ2) is 17.8. The Morgan fingerprint density at radius 3 is 2.32 bits per heavy atom. The number of nitrogens with one attached hydrogen (secondary N) is 2. The van der Waals surface area contributed by atoms with Crippen molar-refractivity contribution < 1.29 is 29.0 Å². The van der Waals surface area contributed by atoms with Gasteiger partial charge in [0.2, 0.25) is 11.8 Å². The molecule has 324 valence electrons. The number of thiazole rings is 1. The highest BCUT2D eigenvalue weighted by atomic mass is 32.1. The number of aliphatic hydroxyl groups excluding tert-OH is 1. The number of hydrogen-bond donors (Lipinski definition) is 3. The van der Waals surface area contributed by atoms with Gasteiger partial charge in [-0.3, -0.25) is 24.2 Å². The lowest BCUT2D eigenvalue weighted by molar-refractivity contribution is -0.177. The molecular weight excluding hydrogens is 835 g/mol. The normalized spacial score (nSPS) is 22.2. The number of para-hydroxylation sites is 2. The third-order valence-electron chi connectivity index (χ3n) is 12.6. The molecule has 1 spiro atoms. The van der Waals surface area contributed by atoms with Gasteiger partial charge in [0.15, 0.2) is 5.13 Å². The Bertz CT molecular complexity index is 2920. The molecule has 0 radical (unpaired) electrons. The predicted molar refractivity (Wildman–Crippen MR) is 250 cm³/mol. The minimum Gasteiger partial charge on any atom is -0.491 e. The number of rotatable bonds is 11. The molecule has 3 aliphatic heterocycles. The molecule has 0 saturated carbocycles. The molecule has 12 heteroatoms. The minimum atomic E-state index is -1.78. The average Bonchev–Trinajstić information content (AvgIpc) is 3.98. The van der Waals surface area contributed by atoms with Gasteiger partial charge in [0.1, 0.15) is 29.9 Å². The zero-order valence-electron chi connectivity index (χ0n) is 35.5.